The first-order valence-corrected chi connectivity index (χ1v) is 6.11. The number of carboxylic acids is 1. The van der Waals surface area contributed by atoms with Gasteiger partial charge < -0.3 is 5.11 Å². The number of hydrogen-bond donors (Lipinski definition) is 1. The number of allylic oxidation sites excluding steroid dienone is 4. The van der Waals surface area contributed by atoms with Crippen molar-refractivity contribution in [2.45, 2.75) is 33.1 Å². The second kappa shape index (κ2) is 5.50. The molecule has 0 bridgehead atoms. The lowest BCUT2D eigenvalue weighted by Gasteiger charge is -2.17. The van der Waals surface area contributed by atoms with Crippen LogP contribution in [0.25, 0.3) is 0 Å². The maximum atomic E-state index is 10.8. The molecule has 0 fully saturated rings. The molecule has 1 aliphatic rings. The van der Waals surface area contributed by atoms with Gasteiger partial charge in [-0.15, -0.1) is 0 Å². The van der Waals surface area contributed by atoms with E-state index in [1.807, 2.05) is 6.92 Å². The molecule has 2 nitrogen and oxygen atoms in total. The van der Waals surface area contributed by atoms with Crippen LogP contribution in [-0.2, 0) is 4.79 Å². The smallest absolute Gasteiger partial charge is 0.306 e. The molecule has 0 saturated heterocycles. The summed E-state index contributed by atoms with van der Waals surface area (Å²) in [4.78, 5) is 10.8. The lowest BCUT2D eigenvalue weighted by Crippen LogP contribution is -2.17. The summed E-state index contributed by atoms with van der Waals surface area (Å²) in [6.07, 6.45) is 7.57. The molecular formula is C12H17BrO2. The van der Waals surface area contributed by atoms with Crippen molar-refractivity contribution in [1.29, 1.82) is 0 Å². The Kier molecular flexibility index (Phi) is 4.58. The van der Waals surface area contributed by atoms with Crippen LogP contribution in [-0.4, -0.2) is 11.1 Å². The second-order valence-corrected chi connectivity index (χ2v) is 4.98. The molecule has 0 radical (unpaired) electrons. The van der Waals surface area contributed by atoms with Crippen LogP contribution < -0.4 is 0 Å². The van der Waals surface area contributed by atoms with Gasteiger partial charge in [0, 0.05) is 4.48 Å². The first-order valence-electron chi connectivity index (χ1n) is 5.32. The Bertz CT molecular complexity index is 305. The van der Waals surface area contributed by atoms with Gasteiger partial charge in [0.15, 0.2) is 0 Å². The number of carboxylic acid groups (broad SMARTS) is 1. The summed E-state index contributed by atoms with van der Waals surface area (Å²) in [6.45, 7) is 3.71. The van der Waals surface area contributed by atoms with E-state index in [9.17, 15) is 4.79 Å². The van der Waals surface area contributed by atoms with Crippen molar-refractivity contribution in [2.24, 2.45) is 11.8 Å². The highest BCUT2D eigenvalue weighted by atomic mass is 79.9. The van der Waals surface area contributed by atoms with E-state index in [2.05, 4.69) is 28.1 Å². The quantitative estimate of drug-likeness (QED) is 0.850. The normalized spacial score (nSPS) is 23.4. The fourth-order valence-electron chi connectivity index (χ4n) is 1.62. The van der Waals surface area contributed by atoms with E-state index in [1.165, 1.54) is 5.57 Å². The number of carbonyl (C=O) groups is 1. The summed E-state index contributed by atoms with van der Waals surface area (Å²) in [6, 6.07) is 0. The topological polar surface area (TPSA) is 37.3 Å². The average molecular weight is 273 g/mol. The minimum atomic E-state index is -0.727. The van der Waals surface area contributed by atoms with Gasteiger partial charge in [-0.05, 0) is 30.8 Å². The SMILES string of the molecule is C[C@H](/C=C1\CCCC=C1Br)[C@@H](C)C(=O)O. The van der Waals surface area contributed by atoms with Gasteiger partial charge in [0.2, 0.25) is 0 Å². The van der Waals surface area contributed by atoms with Crippen LogP contribution in [0.3, 0.4) is 0 Å². The fraction of sp³-hybridized carbons (Fsp3) is 0.583. The minimum Gasteiger partial charge on any atom is -0.481 e. The molecule has 1 aliphatic carbocycles. The molecule has 15 heavy (non-hydrogen) atoms. The number of halogens is 1. The van der Waals surface area contributed by atoms with Crippen molar-refractivity contribution in [3.8, 4) is 0 Å². The van der Waals surface area contributed by atoms with Crippen molar-refractivity contribution in [1.82, 2.24) is 0 Å². The molecule has 2 atom stereocenters. The largest absolute Gasteiger partial charge is 0.481 e. The Morgan fingerprint density at radius 3 is 2.80 bits per heavy atom. The Morgan fingerprint density at radius 2 is 2.27 bits per heavy atom. The molecule has 0 aromatic carbocycles. The Balaban J connectivity index is 2.73. The first kappa shape index (κ1) is 12.5. The zero-order chi connectivity index (χ0) is 11.4. The third-order valence-corrected chi connectivity index (χ3v) is 3.76. The lowest BCUT2D eigenvalue weighted by molar-refractivity contribution is -0.142. The van der Waals surface area contributed by atoms with E-state index in [4.69, 9.17) is 5.11 Å². The van der Waals surface area contributed by atoms with E-state index in [0.29, 0.717) is 0 Å². The molecule has 0 spiro atoms. The molecule has 0 aromatic heterocycles. The summed E-state index contributed by atoms with van der Waals surface area (Å²) in [5.74, 6) is -0.966. The third kappa shape index (κ3) is 3.49. The Labute approximate surface area is 99.2 Å². The Morgan fingerprint density at radius 1 is 1.60 bits per heavy atom. The van der Waals surface area contributed by atoms with Gasteiger partial charge in [-0.2, -0.15) is 0 Å². The van der Waals surface area contributed by atoms with Crippen LogP contribution >= 0.6 is 15.9 Å². The van der Waals surface area contributed by atoms with Gasteiger partial charge in [-0.25, -0.2) is 0 Å². The molecule has 1 rings (SSSR count). The molecule has 0 aromatic rings. The zero-order valence-electron chi connectivity index (χ0n) is 9.16. The fourth-order valence-corrected chi connectivity index (χ4v) is 2.18. The van der Waals surface area contributed by atoms with Crippen molar-refractivity contribution in [3.05, 3.63) is 22.2 Å². The number of aliphatic carboxylic acids is 1. The standard InChI is InChI=1S/C12H17BrO2/c1-8(9(2)12(14)15)7-10-5-3-4-6-11(10)13/h6-9H,3-5H2,1-2H3,(H,14,15)/b10-7+/t8-,9-/m1/s1. The average Bonchev–Trinajstić information content (AvgIpc) is 2.20. The summed E-state index contributed by atoms with van der Waals surface area (Å²) in [5.41, 5.74) is 1.25. The summed E-state index contributed by atoms with van der Waals surface area (Å²) >= 11 is 3.51. The molecule has 1 N–H and O–H groups in total. The van der Waals surface area contributed by atoms with Crippen LogP contribution in [0.4, 0.5) is 0 Å². The van der Waals surface area contributed by atoms with Crippen LogP contribution in [0.1, 0.15) is 33.1 Å². The maximum Gasteiger partial charge on any atom is 0.306 e. The highest BCUT2D eigenvalue weighted by Crippen LogP contribution is 2.30. The number of hydrogen-bond acceptors (Lipinski definition) is 1. The molecule has 0 heterocycles. The van der Waals surface area contributed by atoms with Crippen molar-refractivity contribution >= 4 is 21.9 Å². The highest BCUT2D eigenvalue weighted by Gasteiger charge is 2.18. The number of rotatable bonds is 3. The third-order valence-electron chi connectivity index (χ3n) is 2.92. The maximum absolute atomic E-state index is 10.8. The summed E-state index contributed by atoms with van der Waals surface area (Å²) < 4.78 is 1.14. The van der Waals surface area contributed by atoms with E-state index in [1.54, 1.807) is 6.92 Å². The predicted octanol–water partition coefficient (Wildman–Crippen LogP) is 3.73. The molecule has 0 unspecified atom stereocenters. The van der Waals surface area contributed by atoms with Crippen LogP contribution in [0.15, 0.2) is 22.2 Å². The van der Waals surface area contributed by atoms with E-state index in [-0.39, 0.29) is 11.8 Å². The van der Waals surface area contributed by atoms with Gasteiger partial charge in [0.1, 0.15) is 0 Å². The van der Waals surface area contributed by atoms with Gasteiger partial charge in [0.05, 0.1) is 5.92 Å². The van der Waals surface area contributed by atoms with Crippen LogP contribution in [0, 0.1) is 11.8 Å². The second-order valence-electron chi connectivity index (χ2n) is 4.12. The molecule has 84 valence electrons. The van der Waals surface area contributed by atoms with Gasteiger partial charge >= 0.3 is 5.97 Å². The van der Waals surface area contributed by atoms with Crippen molar-refractivity contribution in [2.75, 3.05) is 0 Å². The van der Waals surface area contributed by atoms with Crippen LogP contribution in [0.2, 0.25) is 0 Å². The van der Waals surface area contributed by atoms with Gasteiger partial charge in [-0.1, -0.05) is 41.9 Å². The van der Waals surface area contributed by atoms with Crippen molar-refractivity contribution < 1.29 is 9.90 Å². The minimum absolute atomic E-state index is 0.0801. The van der Waals surface area contributed by atoms with Crippen molar-refractivity contribution in [3.63, 3.8) is 0 Å². The highest BCUT2D eigenvalue weighted by molar-refractivity contribution is 9.12. The predicted molar refractivity (Wildman–Crippen MR) is 64.9 cm³/mol. The lowest BCUT2D eigenvalue weighted by atomic mass is 9.91. The monoisotopic (exact) mass is 272 g/mol. The van der Waals surface area contributed by atoms with Gasteiger partial charge in [-0.3, -0.25) is 4.79 Å². The first-order chi connectivity index (χ1) is 7.02. The van der Waals surface area contributed by atoms with E-state index in [0.717, 1.165) is 23.7 Å². The van der Waals surface area contributed by atoms with E-state index < -0.39 is 5.97 Å². The molecule has 3 heteroatoms. The molecule has 0 amide bonds. The molecule has 0 saturated carbocycles. The summed E-state index contributed by atoms with van der Waals surface area (Å²) in [7, 11) is 0. The molecule has 0 aliphatic heterocycles. The Hall–Kier alpha value is -0.570. The van der Waals surface area contributed by atoms with Gasteiger partial charge in [0.25, 0.3) is 0 Å². The zero-order valence-corrected chi connectivity index (χ0v) is 10.8. The van der Waals surface area contributed by atoms with Crippen LogP contribution in [0.5, 0.6) is 0 Å². The molecular weight excluding hydrogens is 256 g/mol. The van der Waals surface area contributed by atoms with E-state index >= 15 is 0 Å². The summed E-state index contributed by atoms with van der Waals surface area (Å²) in [5, 5.41) is 8.89.